The van der Waals surface area contributed by atoms with Gasteiger partial charge in [0.05, 0.1) is 17.4 Å². The molecule has 3 aliphatic rings. The lowest BCUT2D eigenvalue weighted by molar-refractivity contribution is -0.142. The lowest BCUT2D eigenvalue weighted by atomic mass is 9.85. The van der Waals surface area contributed by atoms with Crippen LogP contribution in [-0.4, -0.2) is 29.2 Å². The first-order chi connectivity index (χ1) is 13.5. The molecule has 2 atom stereocenters. The number of imide groups is 1. The molecule has 1 N–H and O–H groups in total. The zero-order valence-corrected chi connectivity index (χ0v) is 16.9. The number of allylic oxidation sites excluding steroid dienone is 2. The Morgan fingerprint density at radius 1 is 1.25 bits per heavy atom. The Labute approximate surface area is 172 Å². The Bertz CT molecular complexity index is 930. The van der Waals surface area contributed by atoms with E-state index >= 15 is 0 Å². The number of nitriles is 1. The van der Waals surface area contributed by atoms with Crippen LogP contribution in [0.15, 0.2) is 11.1 Å². The number of amides is 3. The summed E-state index contributed by atoms with van der Waals surface area (Å²) in [6, 6.07) is 2.22. The maximum atomic E-state index is 12.6. The van der Waals surface area contributed by atoms with Crippen molar-refractivity contribution in [1.29, 1.82) is 5.26 Å². The SMILES string of the molecule is N#Cc1c(NC(=O)CN2C(=O)[C@H]3CC=C(Cl)C[C@@H]3C2=O)sc2c1CCCCC2. The minimum Gasteiger partial charge on any atom is -0.315 e. The molecule has 2 heterocycles. The predicted octanol–water partition coefficient (Wildman–Crippen LogP) is 3.34. The van der Waals surface area contributed by atoms with Crippen LogP contribution < -0.4 is 5.32 Å². The average Bonchev–Trinajstić information content (AvgIpc) is 2.98. The third-order valence-electron chi connectivity index (χ3n) is 5.75. The van der Waals surface area contributed by atoms with Crippen molar-refractivity contribution in [1.82, 2.24) is 4.90 Å². The van der Waals surface area contributed by atoms with Crippen molar-refractivity contribution in [2.24, 2.45) is 11.8 Å². The van der Waals surface area contributed by atoms with Gasteiger partial charge in [0.15, 0.2) is 0 Å². The van der Waals surface area contributed by atoms with Crippen LogP contribution in [0.25, 0.3) is 0 Å². The number of aryl methyl sites for hydroxylation is 1. The Morgan fingerprint density at radius 3 is 2.79 bits per heavy atom. The number of halogens is 1. The van der Waals surface area contributed by atoms with Crippen molar-refractivity contribution in [3.8, 4) is 6.07 Å². The van der Waals surface area contributed by atoms with Crippen LogP contribution in [0.4, 0.5) is 5.00 Å². The highest BCUT2D eigenvalue weighted by Gasteiger charge is 2.48. The number of anilines is 1. The van der Waals surface area contributed by atoms with E-state index in [-0.39, 0.29) is 18.4 Å². The van der Waals surface area contributed by atoms with Crippen molar-refractivity contribution in [3.63, 3.8) is 0 Å². The summed E-state index contributed by atoms with van der Waals surface area (Å²) in [7, 11) is 0. The summed E-state index contributed by atoms with van der Waals surface area (Å²) in [6.07, 6.45) is 7.61. The summed E-state index contributed by atoms with van der Waals surface area (Å²) in [6.45, 7) is -0.324. The fourth-order valence-corrected chi connectivity index (χ4v) is 5.82. The van der Waals surface area contributed by atoms with E-state index < -0.39 is 17.7 Å². The molecule has 0 saturated carbocycles. The highest BCUT2D eigenvalue weighted by Crippen LogP contribution is 2.39. The van der Waals surface area contributed by atoms with E-state index in [9.17, 15) is 19.6 Å². The molecule has 6 nitrogen and oxygen atoms in total. The third-order valence-corrected chi connectivity index (χ3v) is 7.26. The molecule has 8 heteroatoms. The first-order valence-electron chi connectivity index (χ1n) is 9.53. The molecule has 0 unspecified atom stereocenters. The summed E-state index contributed by atoms with van der Waals surface area (Å²) < 4.78 is 0. The molecule has 1 aliphatic heterocycles. The smallest absolute Gasteiger partial charge is 0.245 e. The molecule has 1 aromatic rings. The highest BCUT2D eigenvalue weighted by molar-refractivity contribution is 7.16. The zero-order chi connectivity index (χ0) is 19.8. The molecule has 1 aromatic heterocycles. The molecule has 0 bridgehead atoms. The maximum absolute atomic E-state index is 12.6. The predicted molar refractivity (Wildman–Crippen MR) is 106 cm³/mol. The fraction of sp³-hybridized carbons (Fsp3) is 0.500. The number of thiophene rings is 1. The van der Waals surface area contributed by atoms with Crippen molar-refractivity contribution in [3.05, 3.63) is 27.1 Å². The van der Waals surface area contributed by atoms with Crippen LogP contribution in [0.2, 0.25) is 0 Å². The van der Waals surface area contributed by atoms with Gasteiger partial charge in [0.2, 0.25) is 17.7 Å². The Balaban J connectivity index is 1.48. The Kier molecular flexibility index (Phi) is 5.26. The quantitative estimate of drug-likeness (QED) is 0.603. The summed E-state index contributed by atoms with van der Waals surface area (Å²) in [5, 5.41) is 13.5. The zero-order valence-electron chi connectivity index (χ0n) is 15.3. The van der Waals surface area contributed by atoms with Gasteiger partial charge in [-0.1, -0.05) is 24.1 Å². The molecule has 3 amide bonds. The normalized spacial score (nSPS) is 24.1. The van der Waals surface area contributed by atoms with E-state index in [0.717, 1.165) is 47.4 Å². The van der Waals surface area contributed by atoms with E-state index in [4.69, 9.17) is 11.6 Å². The number of hydrogen-bond donors (Lipinski definition) is 1. The highest BCUT2D eigenvalue weighted by atomic mass is 35.5. The van der Waals surface area contributed by atoms with Gasteiger partial charge in [0.25, 0.3) is 0 Å². The van der Waals surface area contributed by atoms with Gasteiger partial charge in [-0.05, 0) is 44.1 Å². The third kappa shape index (κ3) is 3.36. The molecular formula is C20H20ClN3O3S. The summed E-state index contributed by atoms with van der Waals surface area (Å²) in [4.78, 5) is 39.9. The largest absolute Gasteiger partial charge is 0.315 e. The Morgan fingerprint density at radius 2 is 2.00 bits per heavy atom. The van der Waals surface area contributed by atoms with E-state index in [1.54, 1.807) is 6.08 Å². The molecule has 146 valence electrons. The van der Waals surface area contributed by atoms with Gasteiger partial charge >= 0.3 is 0 Å². The molecule has 28 heavy (non-hydrogen) atoms. The fourth-order valence-electron chi connectivity index (χ4n) is 4.31. The maximum Gasteiger partial charge on any atom is 0.245 e. The number of nitrogens with one attached hydrogen (secondary N) is 1. The topological polar surface area (TPSA) is 90.3 Å². The summed E-state index contributed by atoms with van der Waals surface area (Å²) in [5.74, 6) is -1.99. The van der Waals surface area contributed by atoms with Crippen molar-refractivity contribution in [2.45, 2.75) is 44.9 Å². The number of hydrogen-bond acceptors (Lipinski definition) is 5. The van der Waals surface area contributed by atoms with Crippen LogP contribution in [0.3, 0.4) is 0 Å². The average molecular weight is 418 g/mol. The first-order valence-corrected chi connectivity index (χ1v) is 10.7. The van der Waals surface area contributed by atoms with Gasteiger partial charge in [-0.3, -0.25) is 19.3 Å². The van der Waals surface area contributed by atoms with Crippen LogP contribution in [0.5, 0.6) is 0 Å². The minimum atomic E-state index is -0.467. The van der Waals surface area contributed by atoms with Gasteiger partial charge < -0.3 is 5.32 Å². The van der Waals surface area contributed by atoms with E-state index in [1.165, 1.54) is 11.3 Å². The first kappa shape index (κ1) is 19.2. The van der Waals surface area contributed by atoms with Gasteiger partial charge in [-0.2, -0.15) is 5.26 Å². The molecule has 0 spiro atoms. The molecular weight excluding hydrogens is 398 g/mol. The number of rotatable bonds is 3. The molecule has 0 aromatic carbocycles. The van der Waals surface area contributed by atoms with Gasteiger partial charge in [0, 0.05) is 9.91 Å². The number of nitrogens with zero attached hydrogens (tertiary/aromatic N) is 2. The molecule has 4 rings (SSSR count). The van der Waals surface area contributed by atoms with Gasteiger partial charge in [0.1, 0.15) is 17.6 Å². The number of carbonyl (C=O) groups is 3. The second kappa shape index (κ2) is 7.69. The molecule has 1 saturated heterocycles. The second-order valence-electron chi connectivity index (χ2n) is 7.49. The van der Waals surface area contributed by atoms with Gasteiger partial charge in [-0.25, -0.2) is 0 Å². The standard InChI is InChI=1S/C20H20ClN3O3S/c21-11-6-7-13-14(8-11)20(27)24(19(13)26)10-17(25)23-18-15(9-22)12-4-2-1-3-5-16(12)28-18/h6,13-14H,1-5,7-8,10H2,(H,23,25)/t13-,14-/m0/s1. The monoisotopic (exact) mass is 417 g/mol. The lowest BCUT2D eigenvalue weighted by Gasteiger charge is -2.17. The van der Waals surface area contributed by atoms with E-state index in [2.05, 4.69) is 11.4 Å². The van der Waals surface area contributed by atoms with Crippen molar-refractivity contribution >= 4 is 45.7 Å². The van der Waals surface area contributed by atoms with E-state index in [1.807, 2.05) is 0 Å². The second-order valence-corrected chi connectivity index (χ2v) is 9.09. The van der Waals surface area contributed by atoms with E-state index in [0.29, 0.717) is 28.4 Å². The number of fused-ring (bicyclic) bond motifs is 2. The van der Waals surface area contributed by atoms with Crippen LogP contribution >= 0.6 is 22.9 Å². The van der Waals surface area contributed by atoms with Crippen LogP contribution in [-0.2, 0) is 27.2 Å². The minimum absolute atomic E-state index is 0.312. The van der Waals surface area contributed by atoms with Crippen molar-refractivity contribution in [2.75, 3.05) is 11.9 Å². The summed E-state index contributed by atoms with van der Waals surface area (Å²) in [5.41, 5.74) is 1.57. The lowest BCUT2D eigenvalue weighted by Crippen LogP contribution is -2.38. The molecule has 1 fully saturated rings. The summed E-state index contributed by atoms with van der Waals surface area (Å²) >= 11 is 7.46. The Hall–Kier alpha value is -2.17. The number of carbonyl (C=O) groups excluding carboxylic acids is 3. The van der Waals surface area contributed by atoms with Crippen LogP contribution in [0.1, 0.15) is 48.1 Å². The van der Waals surface area contributed by atoms with Crippen molar-refractivity contribution < 1.29 is 14.4 Å². The molecule has 2 aliphatic carbocycles. The van der Waals surface area contributed by atoms with Crippen LogP contribution in [0, 0.1) is 23.2 Å². The number of likely N-dealkylation sites (tertiary alicyclic amines) is 1. The molecule has 0 radical (unpaired) electrons. The van der Waals surface area contributed by atoms with Gasteiger partial charge in [-0.15, -0.1) is 11.3 Å².